The van der Waals surface area contributed by atoms with Gasteiger partial charge in [-0.15, -0.1) is 0 Å². The monoisotopic (exact) mass is 384 g/mol. The summed E-state index contributed by atoms with van der Waals surface area (Å²) in [7, 11) is 0. The van der Waals surface area contributed by atoms with E-state index in [1.165, 1.54) is 77.0 Å². The molecule has 0 amide bonds. The van der Waals surface area contributed by atoms with E-state index in [1.54, 1.807) is 25.7 Å². The molecule has 0 aromatic carbocycles. The first-order valence-corrected chi connectivity index (χ1v) is 13.1. The summed E-state index contributed by atoms with van der Waals surface area (Å²) in [6.45, 7) is 4.57. The van der Waals surface area contributed by atoms with Gasteiger partial charge in [-0.2, -0.15) is 0 Å². The lowest BCUT2D eigenvalue weighted by Crippen LogP contribution is -2.29. The number of hydrogen-bond donors (Lipinski definition) is 0. The average Bonchev–Trinajstić information content (AvgIpc) is 2.75. The highest BCUT2D eigenvalue weighted by Crippen LogP contribution is 2.46. The molecule has 0 nitrogen and oxygen atoms in total. The zero-order valence-electron chi connectivity index (χ0n) is 19.1. The molecular formula is C28H48. The highest BCUT2D eigenvalue weighted by atomic mass is 14.4. The zero-order valence-corrected chi connectivity index (χ0v) is 19.1. The molecule has 0 heteroatoms. The Balaban J connectivity index is 1.33. The minimum atomic E-state index is 0.903. The Morgan fingerprint density at radius 1 is 0.464 bits per heavy atom. The minimum absolute atomic E-state index is 0.903. The van der Waals surface area contributed by atoms with Crippen LogP contribution in [0.4, 0.5) is 0 Å². The smallest absolute Gasteiger partial charge is 0.0233 e. The summed E-state index contributed by atoms with van der Waals surface area (Å²) >= 11 is 0. The fourth-order valence-electron chi connectivity index (χ4n) is 6.62. The molecule has 3 rings (SSSR count). The van der Waals surface area contributed by atoms with Gasteiger partial charge in [0.15, 0.2) is 0 Å². The summed E-state index contributed by atoms with van der Waals surface area (Å²) in [4.78, 5) is 0. The molecule has 0 saturated heterocycles. The number of hydrogen-bond acceptors (Lipinski definition) is 0. The van der Waals surface area contributed by atoms with Crippen LogP contribution in [0.1, 0.15) is 117 Å². The third-order valence-electron chi connectivity index (χ3n) is 8.51. The van der Waals surface area contributed by atoms with Gasteiger partial charge in [-0.05, 0) is 125 Å². The van der Waals surface area contributed by atoms with Gasteiger partial charge < -0.3 is 0 Å². The molecule has 0 heterocycles. The first-order chi connectivity index (χ1) is 13.8. The normalized spacial score (nSPS) is 37.6. The summed E-state index contributed by atoms with van der Waals surface area (Å²) in [6, 6.07) is 0. The van der Waals surface area contributed by atoms with E-state index < -0.39 is 0 Å². The predicted molar refractivity (Wildman–Crippen MR) is 124 cm³/mol. The molecule has 3 aliphatic rings. The van der Waals surface area contributed by atoms with E-state index in [1.807, 2.05) is 0 Å². The Morgan fingerprint density at radius 2 is 0.750 bits per heavy atom. The Labute approximate surface area is 176 Å². The molecule has 0 spiro atoms. The van der Waals surface area contributed by atoms with Crippen LogP contribution >= 0.6 is 0 Å². The summed E-state index contributed by atoms with van der Waals surface area (Å²) < 4.78 is 0. The number of rotatable bonds is 8. The van der Waals surface area contributed by atoms with Crippen LogP contribution in [0.2, 0.25) is 0 Å². The van der Waals surface area contributed by atoms with E-state index in [2.05, 4.69) is 38.2 Å². The van der Waals surface area contributed by atoms with Crippen molar-refractivity contribution < 1.29 is 0 Å². The fourth-order valence-corrected chi connectivity index (χ4v) is 6.62. The highest BCUT2D eigenvalue weighted by Gasteiger charge is 2.34. The number of allylic oxidation sites excluding steroid dienone is 4. The van der Waals surface area contributed by atoms with Crippen molar-refractivity contribution in [2.45, 2.75) is 117 Å². The second-order valence-electron chi connectivity index (χ2n) is 10.5. The lowest BCUT2D eigenvalue weighted by molar-refractivity contribution is 0.112. The van der Waals surface area contributed by atoms with Gasteiger partial charge in [-0.3, -0.25) is 0 Å². The van der Waals surface area contributed by atoms with Crippen molar-refractivity contribution in [3.8, 4) is 0 Å². The standard InChI is InChI=1S/C28H48/c1-3-5-7-9-23-11-15-25(16-12-23)27-19-21-28(22-20-27)26-17-13-24(14-18-26)10-8-6-4-2/h7-10,23-28H,3-6,11-22H2,1-2H3/b9-7+,10-8+. The summed E-state index contributed by atoms with van der Waals surface area (Å²) in [5.41, 5.74) is 0. The molecule has 0 aromatic rings. The predicted octanol–water partition coefficient (Wildman–Crippen LogP) is 9.12. The van der Waals surface area contributed by atoms with E-state index in [0.717, 1.165) is 35.5 Å². The molecule has 3 aliphatic carbocycles. The second kappa shape index (κ2) is 12.2. The van der Waals surface area contributed by atoms with Gasteiger partial charge in [0.2, 0.25) is 0 Å². The maximum absolute atomic E-state index is 2.55. The van der Waals surface area contributed by atoms with E-state index in [9.17, 15) is 0 Å². The second-order valence-corrected chi connectivity index (χ2v) is 10.5. The van der Waals surface area contributed by atoms with E-state index in [4.69, 9.17) is 0 Å². The molecule has 0 radical (unpaired) electrons. The fraction of sp³-hybridized carbons (Fsp3) is 0.857. The molecule has 0 N–H and O–H groups in total. The van der Waals surface area contributed by atoms with Crippen molar-refractivity contribution >= 4 is 0 Å². The van der Waals surface area contributed by atoms with E-state index in [-0.39, 0.29) is 0 Å². The van der Waals surface area contributed by atoms with Crippen molar-refractivity contribution in [2.75, 3.05) is 0 Å². The molecule has 160 valence electrons. The van der Waals surface area contributed by atoms with Gasteiger partial charge in [-0.25, -0.2) is 0 Å². The third-order valence-corrected chi connectivity index (χ3v) is 8.51. The maximum atomic E-state index is 2.55. The summed E-state index contributed by atoms with van der Waals surface area (Å²) in [5, 5.41) is 0. The van der Waals surface area contributed by atoms with Gasteiger partial charge in [-0.1, -0.05) is 51.0 Å². The van der Waals surface area contributed by atoms with Gasteiger partial charge in [0.05, 0.1) is 0 Å². The van der Waals surface area contributed by atoms with Crippen LogP contribution in [0.5, 0.6) is 0 Å². The Kier molecular flexibility index (Phi) is 9.69. The topological polar surface area (TPSA) is 0 Å². The van der Waals surface area contributed by atoms with Crippen LogP contribution in [0.25, 0.3) is 0 Å². The van der Waals surface area contributed by atoms with Crippen LogP contribution in [-0.2, 0) is 0 Å². The van der Waals surface area contributed by atoms with Crippen molar-refractivity contribution in [2.24, 2.45) is 35.5 Å². The summed E-state index contributed by atoms with van der Waals surface area (Å²) in [5.74, 6) is 6.09. The lowest BCUT2D eigenvalue weighted by atomic mass is 9.65. The summed E-state index contributed by atoms with van der Waals surface area (Å²) in [6.07, 6.45) is 33.3. The quantitative estimate of drug-likeness (QED) is 0.366. The Morgan fingerprint density at radius 3 is 1.04 bits per heavy atom. The largest absolute Gasteiger partial charge is 0.0883 e. The zero-order chi connectivity index (χ0) is 19.6. The first kappa shape index (κ1) is 22.2. The van der Waals surface area contributed by atoms with Gasteiger partial charge in [0.25, 0.3) is 0 Å². The van der Waals surface area contributed by atoms with Crippen LogP contribution in [0, 0.1) is 35.5 Å². The molecular weight excluding hydrogens is 336 g/mol. The first-order valence-electron chi connectivity index (χ1n) is 13.1. The molecule has 0 aromatic heterocycles. The molecule has 28 heavy (non-hydrogen) atoms. The maximum Gasteiger partial charge on any atom is -0.0233 e. The lowest BCUT2D eigenvalue weighted by Gasteiger charge is -2.41. The molecule has 0 unspecified atom stereocenters. The molecule has 3 saturated carbocycles. The van der Waals surface area contributed by atoms with E-state index >= 15 is 0 Å². The molecule has 3 fully saturated rings. The number of unbranched alkanes of at least 4 members (excludes halogenated alkanes) is 2. The van der Waals surface area contributed by atoms with E-state index in [0.29, 0.717) is 0 Å². The van der Waals surface area contributed by atoms with Crippen LogP contribution in [0.15, 0.2) is 24.3 Å². The van der Waals surface area contributed by atoms with Crippen molar-refractivity contribution in [1.82, 2.24) is 0 Å². The third kappa shape index (κ3) is 6.77. The Hall–Kier alpha value is -0.520. The molecule has 0 bridgehead atoms. The van der Waals surface area contributed by atoms with Crippen LogP contribution in [-0.4, -0.2) is 0 Å². The molecule has 0 atom stereocenters. The van der Waals surface area contributed by atoms with Gasteiger partial charge in [0, 0.05) is 0 Å². The van der Waals surface area contributed by atoms with Crippen LogP contribution in [0.3, 0.4) is 0 Å². The average molecular weight is 385 g/mol. The Bertz CT molecular complexity index is 404. The van der Waals surface area contributed by atoms with Gasteiger partial charge in [0.1, 0.15) is 0 Å². The van der Waals surface area contributed by atoms with Crippen molar-refractivity contribution in [3.05, 3.63) is 24.3 Å². The van der Waals surface area contributed by atoms with Crippen molar-refractivity contribution in [3.63, 3.8) is 0 Å². The van der Waals surface area contributed by atoms with Gasteiger partial charge >= 0.3 is 0 Å². The highest BCUT2D eigenvalue weighted by molar-refractivity contribution is 4.94. The minimum Gasteiger partial charge on any atom is -0.0883 e. The van der Waals surface area contributed by atoms with Crippen molar-refractivity contribution in [1.29, 1.82) is 0 Å². The van der Waals surface area contributed by atoms with Crippen LogP contribution < -0.4 is 0 Å². The SMILES string of the molecule is CCC/C=C/C1CCC(C2CCC(C3CCC(/C=C/CCC)CC3)CC2)CC1. The molecule has 0 aliphatic heterocycles.